The topological polar surface area (TPSA) is 60.8 Å². The van der Waals surface area contributed by atoms with Gasteiger partial charge in [0.05, 0.1) is 32.3 Å². The average Bonchev–Trinajstić information content (AvgIpc) is 2.72. The van der Waals surface area contributed by atoms with Gasteiger partial charge in [0.1, 0.15) is 23.0 Å². The first-order valence-electron chi connectivity index (χ1n) is 9.73. The molecular formula is C25H25NO4. The van der Waals surface area contributed by atoms with Gasteiger partial charge in [0.2, 0.25) is 0 Å². The molecule has 0 aliphatic carbocycles. The second-order valence-electron chi connectivity index (χ2n) is 7.41. The van der Waals surface area contributed by atoms with Gasteiger partial charge >= 0.3 is 0 Å². The van der Waals surface area contributed by atoms with E-state index in [0.717, 1.165) is 33.1 Å². The zero-order valence-corrected chi connectivity index (χ0v) is 18.1. The molecule has 0 unspecified atom stereocenters. The van der Waals surface area contributed by atoms with Gasteiger partial charge in [-0.1, -0.05) is 18.2 Å². The van der Waals surface area contributed by atoms with Gasteiger partial charge in [0, 0.05) is 22.3 Å². The Bertz CT molecular complexity index is 1290. The molecule has 3 aromatic carbocycles. The molecule has 0 amide bonds. The summed E-state index contributed by atoms with van der Waals surface area (Å²) in [6.45, 7) is 5.90. The molecule has 0 saturated carbocycles. The number of phenolic OH excluding ortho intramolecular Hbond substituents is 1. The van der Waals surface area contributed by atoms with E-state index in [9.17, 15) is 5.11 Å². The quantitative estimate of drug-likeness (QED) is 0.473. The number of rotatable bonds is 4. The van der Waals surface area contributed by atoms with E-state index < -0.39 is 0 Å². The minimum absolute atomic E-state index is 0.135. The van der Waals surface area contributed by atoms with Gasteiger partial charge in [0.25, 0.3) is 0 Å². The van der Waals surface area contributed by atoms with Crippen LogP contribution in [0.25, 0.3) is 32.7 Å². The fraction of sp³-hybridized carbons (Fsp3) is 0.240. The molecule has 1 aromatic heterocycles. The summed E-state index contributed by atoms with van der Waals surface area (Å²) < 4.78 is 17.2. The minimum Gasteiger partial charge on any atom is -0.506 e. The van der Waals surface area contributed by atoms with E-state index in [1.807, 2.05) is 57.2 Å². The number of pyridine rings is 1. The first-order valence-corrected chi connectivity index (χ1v) is 9.73. The number of methoxy groups -OCH3 is 3. The van der Waals surface area contributed by atoms with Gasteiger partial charge in [-0.25, -0.2) is 0 Å². The van der Waals surface area contributed by atoms with Gasteiger partial charge in [-0.2, -0.15) is 0 Å². The van der Waals surface area contributed by atoms with Crippen molar-refractivity contribution in [3.05, 3.63) is 53.3 Å². The predicted octanol–water partition coefficient (Wildman–Crippen LogP) is 5.71. The molecule has 0 atom stereocenters. The molecule has 1 N–H and O–H groups in total. The maximum atomic E-state index is 11.4. The lowest BCUT2D eigenvalue weighted by molar-refractivity contribution is 0.399. The highest BCUT2D eigenvalue weighted by Gasteiger charge is 2.25. The van der Waals surface area contributed by atoms with E-state index in [2.05, 4.69) is 4.98 Å². The van der Waals surface area contributed by atoms with E-state index in [0.29, 0.717) is 33.8 Å². The van der Waals surface area contributed by atoms with Crippen molar-refractivity contribution in [1.82, 2.24) is 4.98 Å². The highest BCUT2D eigenvalue weighted by molar-refractivity contribution is 6.06. The van der Waals surface area contributed by atoms with Crippen molar-refractivity contribution in [3.8, 4) is 34.1 Å². The fourth-order valence-electron chi connectivity index (χ4n) is 4.34. The lowest BCUT2D eigenvalue weighted by atomic mass is 9.91. The third-order valence-corrected chi connectivity index (χ3v) is 5.54. The van der Waals surface area contributed by atoms with E-state index in [-0.39, 0.29) is 5.75 Å². The van der Waals surface area contributed by atoms with Crippen molar-refractivity contribution in [2.24, 2.45) is 0 Å². The van der Waals surface area contributed by atoms with Crippen LogP contribution in [0.1, 0.15) is 17.0 Å². The number of aromatic hydroxyl groups is 1. The average molecular weight is 403 g/mol. The Morgan fingerprint density at radius 3 is 2.17 bits per heavy atom. The number of benzene rings is 3. The molecule has 0 spiro atoms. The molecule has 0 bridgehead atoms. The maximum Gasteiger partial charge on any atom is 0.140 e. The fourth-order valence-corrected chi connectivity index (χ4v) is 4.34. The molecular weight excluding hydrogens is 378 g/mol. The van der Waals surface area contributed by atoms with Crippen LogP contribution < -0.4 is 14.2 Å². The largest absolute Gasteiger partial charge is 0.506 e. The van der Waals surface area contributed by atoms with E-state index >= 15 is 0 Å². The van der Waals surface area contributed by atoms with Crippen LogP contribution in [0.4, 0.5) is 0 Å². The van der Waals surface area contributed by atoms with Crippen molar-refractivity contribution in [3.63, 3.8) is 0 Å². The van der Waals surface area contributed by atoms with Crippen LogP contribution in [0.2, 0.25) is 0 Å². The molecule has 0 fully saturated rings. The molecule has 0 radical (unpaired) electrons. The number of ether oxygens (including phenoxy) is 3. The third kappa shape index (κ3) is 2.89. The summed E-state index contributed by atoms with van der Waals surface area (Å²) in [5.41, 5.74) is 4.04. The monoisotopic (exact) mass is 403 g/mol. The predicted molar refractivity (Wildman–Crippen MR) is 120 cm³/mol. The van der Waals surface area contributed by atoms with E-state index in [1.165, 1.54) is 0 Å². The molecule has 5 heteroatoms. The first kappa shape index (κ1) is 19.8. The SMILES string of the molecule is COc1cc2cc(C)nc(C)c2c(OC)c1-c1c(C)cc2cccc(OC)c2c1O. The number of nitrogens with zero attached hydrogens (tertiary/aromatic N) is 1. The Balaban J connectivity index is 2.20. The van der Waals surface area contributed by atoms with Crippen molar-refractivity contribution in [2.45, 2.75) is 20.8 Å². The second-order valence-corrected chi connectivity index (χ2v) is 7.41. The van der Waals surface area contributed by atoms with Crippen LogP contribution >= 0.6 is 0 Å². The minimum atomic E-state index is 0.135. The number of fused-ring (bicyclic) bond motifs is 2. The lowest BCUT2D eigenvalue weighted by Gasteiger charge is -2.21. The Kier molecular flexibility index (Phi) is 4.90. The van der Waals surface area contributed by atoms with Crippen LogP contribution in [0.5, 0.6) is 23.0 Å². The number of phenols is 1. The molecule has 1 heterocycles. The Hall–Kier alpha value is -3.47. The van der Waals surface area contributed by atoms with Gasteiger partial charge in [-0.3, -0.25) is 4.98 Å². The Labute approximate surface area is 175 Å². The highest BCUT2D eigenvalue weighted by Crippen LogP contribution is 2.51. The van der Waals surface area contributed by atoms with Crippen LogP contribution in [-0.2, 0) is 0 Å². The van der Waals surface area contributed by atoms with Crippen LogP contribution in [0.15, 0.2) is 36.4 Å². The summed E-state index contributed by atoms with van der Waals surface area (Å²) >= 11 is 0. The van der Waals surface area contributed by atoms with Crippen molar-refractivity contribution < 1.29 is 19.3 Å². The van der Waals surface area contributed by atoms with E-state index in [1.54, 1.807) is 21.3 Å². The molecule has 154 valence electrons. The molecule has 4 aromatic rings. The molecule has 4 rings (SSSR count). The first-order chi connectivity index (χ1) is 14.4. The van der Waals surface area contributed by atoms with Crippen molar-refractivity contribution in [2.75, 3.05) is 21.3 Å². The second kappa shape index (κ2) is 7.41. The van der Waals surface area contributed by atoms with Crippen LogP contribution in [0.3, 0.4) is 0 Å². The van der Waals surface area contributed by atoms with Crippen LogP contribution in [-0.4, -0.2) is 31.4 Å². The summed E-state index contributed by atoms with van der Waals surface area (Å²) in [5, 5.41) is 14.9. The number of hydrogen-bond acceptors (Lipinski definition) is 5. The number of aromatic nitrogens is 1. The van der Waals surface area contributed by atoms with Crippen molar-refractivity contribution >= 4 is 21.5 Å². The third-order valence-electron chi connectivity index (χ3n) is 5.54. The standard InChI is InChI=1S/C25H25NO4/c1-13-10-16-8-7-9-18(28-4)22(16)24(27)20(13)23-19(29-5)12-17-11-14(2)26-15(3)21(17)25(23)30-6/h7-12,27H,1-6H3. The Morgan fingerprint density at radius 1 is 0.767 bits per heavy atom. The summed E-state index contributed by atoms with van der Waals surface area (Å²) in [4.78, 5) is 4.62. The van der Waals surface area contributed by atoms with Gasteiger partial charge < -0.3 is 19.3 Å². The lowest BCUT2D eigenvalue weighted by Crippen LogP contribution is -2.00. The molecule has 30 heavy (non-hydrogen) atoms. The van der Waals surface area contributed by atoms with Crippen LogP contribution in [0, 0.1) is 20.8 Å². The molecule has 0 aliphatic rings. The number of hydrogen-bond donors (Lipinski definition) is 1. The summed E-state index contributed by atoms with van der Waals surface area (Å²) in [6.07, 6.45) is 0. The summed E-state index contributed by atoms with van der Waals surface area (Å²) in [6, 6.07) is 11.7. The normalized spacial score (nSPS) is 11.1. The zero-order chi connectivity index (χ0) is 21.6. The number of aryl methyl sites for hydroxylation is 3. The Morgan fingerprint density at radius 2 is 1.50 bits per heavy atom. The van der Waals surface area contributed by atoms with Gasteiger partial charge in [-0.05, 0) is 55.3 Å². The summed E-state index contributed by atoms with van der Waals surface area (Å²) in [5.74, 6) is 1.99. The molecule has 0 aliphatic heterocycles. The van der Waals surface area contributed by atoms with Gasteiger partial charge in [-0.15, -0.1) is 0 Å². The van der Waals surface area contributed by atoms with E-state index in [4.69, 9.17) is 14.2 Å². The zero-order valence-electron chi connectivity index (χ0n) is 18.1. The highest BCUT2D eigenvalue weighted by atomic mass is 16.5. The maximum absolute atomic E-state index is 11.4. The smallest absolute Gasteiger partial charge is 0.140 e. The van der Waals surface area contributed by atoms with Crippen molar-refractivity contribution in [1.29, 1.82) is 0 Å². The van der Waals surface area contributed by atoms with Gasteiger partial charge in [0.15, 0.2) is 0 Å². The summed E-state index contributed by atoms with van der Waals surface area (Å²) in [7, 11) is 4.85. The molecule has 5 nitrogen and oxygen atoms in total. The molecule has 0 saturated heterocycles.